The molecular weight excluding hydrogens is 815 g/mol. The second-order valence-electron chi connectivity index (χ2n) is 17.8. The average molecular weight is 856 g/mol. The van der Waals surface area contributed by atoms with Crippen LogP contribution >= 0.6 is 0 Å². The topological polar surface area (TPSA) is 37.8 Å². The standard InChI is InChI=1S/C62H41N5/c1-65-61(41-18-3-2-4-19-41)63-60(51-28-15-22-39-16-7-9-23-45(39)51)64-62(65)52-33-35-56(48-26-12-11-25-47(48)52)67-57-34-31-44(38-54(57)53-36-42-20-5-6-21-43(42)37-58(53)67)66-55-29-14-13-27-49(55)50-32-30-40-17-8-10-24-46(40)59(50)66/h2-38,62H,1H3. The van der Waals surface area contributed by atoms with Crippen LogP contribution in [0.4, 0.5) is 0 Å². The molecule has 5 nitrogen and oxygen atoms in total. The third-order valence-electron chi connectivity index (χ3n) is 14.1. The number of benzene rings is 11. The third-order valence-corrected chi connectivity index (χ3v) is 14.1. The van der Waals surface area contributed by atoms with Gasteiger partial charge < -0.3 is 14.0 Å². The number of amidine groups is 2. The van der Waals surface area contributed by atoms with Gasteiger partial charge in [-0.25, -0.2) is 9.98 Å². The van der Waals surface area contributed by atoms with Crippen molar-refractivity contribution in [3.8, 4) is 11.4 Å². The van der Waals surface area contributed by atoms with Crippen molar-refractivity contribution in [2.75, 3.05) is 7.05 Å². The van der Waals surface area contributed by atoms with Crippen LogP contribution in [0.5, 0.6) is 0 Å². The van der Waals surface area contributed by atoms with Crippen LogP contribution in [-0.4, -0.2) is 32.8 Å². The lowest BCUT2D eigenvalue weighted by atomic mass is 9.98. The molecule has 3 heterocycles. The van der Waals surface area contributed by atoms with Crippen LogP contribution in [0, 0.1) is 0 Å². The summed E-state index contributed by atoms with van der Waals surface area (Å²) in [4.78, 5) is 13.1. The van der Waals surface area contributed by atoms with Gasteiger partial charge in [0.1, 0.15) is 5.84 Å². The maximum atomic E-state index is 5.55. The molecule has 314 valence electrons. The van der Waals surface area contributed by atoms with Crippen molar-refractivity contribution in [2.24, 2.45) is 9.98 Å². The minimum Gasteiger partial charge on any atom is -0.333 e. The normalized spacial score (nSPS) is 14.3. The van der Waals surface area contributed by atoms with Crippen LogP contribution in [0.3, 0.4) is 0 Å². The second kappa shape index (κ2) is 14.6. The predicted molar refractivity (Wildman–Crippen MR) is 282 cm³/mol. The van der Waals surface area contributed by atoms with Crippen LogP contribution in [0.2, 0.25) is 0 Å². The van der Waals surface area contributed by atoms with Gasteiger partial charge >= 0.3 is 0 Å². The summed E-state index contributed by atoms with van der Waals surface area (Å²) >= 11 is 0. The highest BCUT2D eigenvalue weighted by Crippen LogP contribution is 2.43. The summed E-state index contributed by atoms with van der Waals surface area (Å²) in [5.74, 6) is 1.62. The molecule has 0 aliphatic carbocycles. The highest BCUT2D eigenvalue weighted by atomic mass is 15.3. The number of hydrogen-bond acceptors (Lipinski definition) is 3. The van der Waals surface area contributed by atoms with E-state index in [1.54, 1.807) is 0 Å². The lowest BCUT2D eigenvalue weighted by Gasteiger charge is -2.33. The van der Waals surface area contributed by atoms with E-state index >= 15 is 0 Å². The Morgan fingerprint density at radius 1 is 0.388 bits per heavy atom. The number of aromatic nitrogens is 2. The summed E-state index contributed by atoms with van der Waals surface area (Å²) in [5.41, 5.74) is 10.2. The van der Waals surface area contributed by atoms with Crippen molar-refractivity contribution in [2.45, 2.75) is 6.17 Å². The Morgan fingerprint density at radius 2 is 1.01 bits per heavy atom. The van der Waals surface area contributed by atoms with E-state index in [2.05, 4.69) is 246 Å². The zero-order valence-corrected chi connectivity index (χ0v) is 36.7. The first-order valence-corrected chi connectivity index (χ1v) is 23.0. The largest absolute Gasteiger partial charge is 0.333 e. The summed E-state index contributed by atoms with van der Waals surface area (Å²) in [6.07, 6.45) is -0.340. The van der Waals surface area contributed by atoms with Gasteiger partial charge in [-0.05, 0) is 74.8 Å². The van der Waals surface area contributed by atoms with Gasteiger partial charge in [0.05, 0.1) is 27.8 Å². The smallest absolute Gasteiger partial charge is 0.160 e. The monoisotopic (exact) mass is 855 g/mol. The van der Waals surface area contributed by atoms with Crippen molar-refractivity contribution in [1.82, 2.24) is 14.0 Å². The number of rotatable bonds is 5. The van der Waals surface area contributed by atoms with Crippen LogP contribution in [0.1, 0.15) is 22.9 Å². The van der Waals surface area contributed by atoms with Crippen molar-refractivity contribution in [3.05, 3.63) is 241 Å². The molecule has 0 amide bonds. The molecule has 1 atom stereocenters. The van der Waals surface area contributed by atoms with E-state index in [1.807, 2.05) is 0 Å². The average Bonchev–Trinajstić information content (AvgIpc) is 3.90. The van der Waals surface area contributed by atoms with Crippen molar-refractivity contribution < 1.29 is 0 Å². The minimum absolute atomic E-state index is 0.340. The Hall–Kier alpha value is -8.80. The van der Waals surface area contributed by atoms with E-state index in [4.69, 9.17) is 9.98 Å². The molecule has 5 heteroatoms. The maximum absolute atomic E-state index is 5.55. The fourth-order valence-electron chi connectivity index (χ4n) is 11.0. The molecule has 0 fully saturated rings. The summed E-state index contributed by atoms with van der Waals surface area (Å²) in [5, 5.41) is 14.5. The molecule has 0 N–H and O–H groups in total. The third kappa shape index (κ3) is 5.68. The lowest BCUT2D eigenvalue weighted by molar-refractivity contribution is 0.385. The second-order valence-corrected chi connectivity index (χ2v) is 17.8. The Balaban J connectivity index is 1.00. The fourth-order valence-corrected chi connectivity index (χ4v) is 11.0. The van der Waals surface area contributed by atoms with Gasteiger partial charge in [0.25, 0.3) is 0 Å². The fraction of sp³-hybridized carbons (Fsp3) is 0.0323. The van der Waals surface area contributed by atoms with Gasteiger partial charge in [-0.2, -0.15) is 0 Å². The molecule has 0 saturated carbocycles. The van der Waals surface area contributed by atoms with Gasteiger partial charge in [-0.15, -0.1) is 0 Å². The molecule has 0 radical (unpaired) electrons. The van der Waals surface area contributed by atoms with Gasteiger partial charge in [0, 0.05) is 61.7 Å². The van der Waals surface area contributed by atoms with E-state index in [0.717, 1.165) is 61.4 Å². The zero-order chi connectivity index (χ0) is 44.2. The van der Waals surface area contributed by atoms with Gasteiger partial charge in [-0.1, -0.05) is 182 Å². The lowest BCUT2D eigenvalue weighted by Crippen LogP contribution is -2.35. The van der Waals surface area contributed by atoms with Crippen molar-refractivity contribution >= 4 is 98.4 Å². The molecule has 1 aliphatic rings. The van der Waals surface area contributed by atoms with Crippen LogP contribution in [0.25, 0.3) is 98.1 Å². The molecule has 1 aliphatic heterocycles. The first-order valence-electron chi connectivity index (χ1n) is 23.0. The predicted octanol–water partition coefficient (Wildman–Crippen LogP) is 15.3. The first kappa shape index (κ1) is 37.6. The van der Waals surface area contributed by atoms with E-state index in [9.17, 15) is 0 Å². The van der Waals surface area contributed by atoms with Crippen molar-refractivity contribution in [3.63, 3.8) is 0 Å². The highest BCUT2D eigenvalue weighted by Gasteiger charge is 2.29. The molecule has 0 saturated heterocycles. The molecule has 14 rings (SSSR count). The Morgan fingerprint density at radius 3 is 1.84 bits per heavy atom. The quantitative estimate of drug-likeness (QED) is 0.170. The van der Waals surface area contributed by atoms with E-state index < -0.39 is 0 Å². The Bertz CT molecular complexity index is 4240. The van der Waals surface area contributed by atoms with Crippen molar-refractivity contribution in [1.29, 1.82) is 0 Å². The summed E-state index contributed by atoms with van der Waals surface area (Å²) in [6, 6.07) is 81.5. The number of fused-ring (bicyclic) bond motifs is 11. The van der Waals surface area contributed by atoms with Gasteiger partial charge in [-0.3, -0.25) is 0 Å². The van der Waals surface area contributed by atoms with E-state index in [0.29, 0.717) is 0 Å². The molecule has 11 aromatic carbocycles. The SMILES string of the molecule is CN1C(c2ccccc2)=NC(c2cccc3ccccc23)=NC1c1ccc(-n2c3ccc(-n4c5ccccc5c5ccc6ccccc6c54)cc3c3cc4ccccc4cc32)c2ccccc12. The molecule has 1 unspecified atom stereocenters. The zero-order valence-electron chi connectivity index (χ0n) is 36.7. The van der Waals surface area contributed by atoms with Crippen LogP contribution in [0.15, 0.2) is 234 Å². The highest BCUT2D eigenvalue weighted by molar-refractivity contribution is 6.21. The van der Waals surface area contributed by atoms with Gasteiger partial charge in [0.2, 0.25) is 0 Å². The van der Waals surface area contributed by atoms with E-state index in [-0.39, 0.29) is 6.17 Å². The van der Waals surface area contributed by atoms with Crippen LogP contribution < -0.4 is 0 Å². The maximum Gasteiger partial charge on any atom is 0.160 e. The summed E-state index contributed by atoms with van der Waals surface area (Å²) in [6.45, 7) is 0. The minimum atomic E-state index is -0.340. The molecule has 2 aromatic heterocycles. The number of nitrogens with zero attached hydrogens (tertiary/aromatic N) is 5. The number of hydrogen-bond donors (Lipinski definition) is 0. The number of para-hydroxylation sites is 1. The van der Waals surface area contributed by atoms with Gasteiger partial charge in [0.15, 0.2) is 12.0 Å². The molecule has 0 spiro atoms. The first-order chi connectivity index (χ1) is 33.2. The summed E-state index contributed by atoms with van der Waals surface area (Å²) in [7, 11) is 2.12. The summed E-state index contributed by atoms with van der Waals surface area (Å²) < 4.78 is 4.96. The van der Waals surface area contributed by atoms with E-state index in [1.165, 1.54) is 65.0 Å². The molecule has 67 heavy (non-hydrogen) atoms. The molecule has 0 bridgehead atoms. The Kier molecular flexibility index (Phi) is 8.19. The number of aliphatic imine (C=N–C) groups is 2. The van der Waals surface area contributed by atoms with Crippen LogP contribution in [-0.2, 0) is 0 Å². The molecule has 13 aromatic rings. The Labute approximate surface area is 386 Å². The molecular formula is C62H41N5.